The number of nitrogens with two attached hydrogens (primary N) is 1. The van der Waals surface area contributed by atoms with Gasteiger partial charge in [0, 0.05) is 13.7 Å². The van der Waals surface area contributed by atoms with E-state index >= 15 is 0 Å². The van der Waals surface area contributed by atoms with Crippen molar-refractivity contribution in [1.82, 2.24) is 0 Å². The van der Waals surface area contributed by atoms with Crippen molar-refractivity contribution in [2.24, 2.45) is 10.7 Å². The lowest BCUT2D eigenvalue weighted by atomic mass is 10.0. The fourth-order valence-electron chi connectivity index (χ4n) is 1.89. The summed E-state index contributed by atoms with van der Waals surface area (Å²) in [4.78, 5) is 4.34. The van der Waals surface area contributed by atoms with Gasteiger partial charge in [-0.2, -0.15) is 0 Å². The van der Waals surface area contributed by atoms with Crippen molar-refractivity contribution < 1.29 is 4.74 Å². The van der Waals surface area contributed by atoms with E-state index in [1.165, 1.54) is 12.8 Å². The molecule has 1 aliphatic carbocycles. The zero-order valence-corrected chi connectivity index (χ0v) is 8.68. The fourth-order valence-corrected chi connectivity index (χ4v) is 1.89. The molecule has 1 saturated carbocycles. The van der Waals surface area contributed by atoms with Gasteiger partial charge in [0.1, 0.15) is 11.4 Å². The molecule has 1 aliphatic rings. The van der Waals surface area contributed by atoms with Crippen LogP contribution in [0.5, 0.6) is 0 Å². The Balaban J connectivity index is 2.64. The normalized spacial score (nSPS) is 22.2. The highest BCUT2D eigenvalue weighted by Crippen LogP contribution is 2.32. The molecule has 3 heteroatoms. The first-order valence-corrected chi connectivity index (χ1v) is 5.11. The highest BCUT2D eigenvalue weighted by atomic mass is 16.5. The third-order valence-electron chi connectivity index (χ3n) is 2.77. The van der Waals surface area contributed by atoms with Gasteiger partial charge < -0.3 is 10.5 Å². The molecule has 2 N–H and O–H groups in total. The van der Waals surface area contributed by atoms with E-state index in [1.807, 2.05) is 0 Å². The fraction of sp³-hybridized carbons (Fsp3) is 0.900. The predicted molar refractivity (Wildman–Crippen MR) is 55.0 cm³/mol. The van der Waals surface area contributed by atoms with E-state index in [0.29, 0.717) is 5.84 Å². The molecule has 76 valence electrons. The minimum atomic E-state index is -0.227. The minimum absolute atomic E-state index is 0.227. The van der Waals surface area contributed by atoms with Crippen LogP contribution in [0.15, 0.2) is 4.99 Å². The SMILES string of the molecule is CCCN=C(N)C1(OC)CCCC1. The maximum atomic E-state index is 5.94. The van der Waals surface area contributed by atoms with Crippen molar-refractivity contribution in [3.63, 3.8) is 0 Å². The van der Waals surface area contributed by atoms with Gasteiger partial charge in [0.15, 0.2) is 0 Å². The summed E-state index contributed by atoms with van der Waals surface area (Å²) in [7, 11) is 1.74. The third kappa shape index (κ3) is 2.21. The van der Waals surface area contributed by atoms with Crippen LogP contribution in [0.2, 0.25) is 0 Å². The Morgan fingerprint density at radius 3 is 2.54 bits per heavy atom. The number of nitrogens with zero attached hydrogens (tertiary/aromatic N) is 1. The quantitative estimate of drug-likeness (QED) is 0.534. The van der Waals surface area contributed by atoms with E-state index in [4.69, 9.17) is 10.5 Å². The Kier molecular flexibility index (Phi) is 3.72. The summed E-state index contributed by atoms with van der Waals surface area (Å²) in [6, 6.07) is 0. The largest absolute Gasteiger partial charge is 0.385 e. The third-order valence-corrected chi connectivity index (χ3v) is 2.77. The van der Waals surface area contributed by atoms with E-state index in [9.17, 15) is 0 Å². The smallest absolute Gasteiger partial charge is 0.126 e. The first-order valence-electron chi connectivity index (χ1n) is 5.11. The van der Waals surface area contributed by atoms with Crippen LogP contribution in [0.4, 0.5) is 0 Å². The van der Waals surface area contributed by atoms with Gasteiger partial charge >= 0.3 is 0 Å². The Bertz CT molecular complexity index is 183. The molecule has 3 nitrogen and oxygen atoms in total. The van der Waals surface area contributed by atoms with Crippen LogP contribution in [-0.2, 0) is 4.74 Å². The highest BCUT2D eigenvalue weighted by molar-refractivity contribution is 5.89. The zero-order valence-electron chi connectivity index (χ0n) is 8.68. The zero-order chi connectivity index (χ0) is 9.73. The molecule has 0 aromatic heterocycles. The average molecular weight is 184 g/mol. The second-order valence-electron chi connectivity index (χ2n) is 3.67. The number of rotatable bonds is 4. The van der Waals surface area contributed by atoms with Crippen molar-refractivity contribution >= 4 is 5.84 Å². The highest BCUT2D eigenvalue weighted by Gasteiger charge is 2.37. The lowest BCUT2D eigenvalue weighted by molar-refractivity contribution is 0.0551. The van der Waals surface area contributed by atoms with Crippen LogP contribution in [-0.4, -0.2) is 25.1 Å². The van der Waals surface area contributed by atoms with Crippen molar-refractivity contribution in [3.8, 4) is 0 Å². The summed E-state index contributed by atoms with van der Waals surface area (Å²) < 4.78 is 5.50. The topological polar surface area (TPSA) is 47.6 Å². The molecule has 1 fully saturated rings. The molecule has 0 bridgehead atoms. The predicted octanol–water partition coefficient (Wildman–Crippen LogP) is 1.71. The maximum Gasteiger partial charge on any atom is 0.126 e. The first-order chi connectivity index (χ1) is 6.25. The molecule has 0 aromatic carbocycles. The van der Waals surface area contributed by atoms with Crippen molar-refractivity contribution in [2.45, 2.75) is 44.6 Å². The van der Waals surface area contributed by atoms with Crippen LogP contribution in [0.1, 0.15) is 39.0 Å². The van der Waals surface area contributed by atoms with Gasteiger partial charge in [-0.15, -0.1) is 0 Å². The van der Waals surface area contributed by atoms with Gasteiger partial charge in [-0.05, 0) is 32.1 Å². The van der Waals surface area contributed by atoms with Crippen LogP contribution in [0.25, 0.3) is 0 Å². The van der Waals surface area contributed by atoms with E-state index in [2.05, 4.69) is 11.9 Å². The van der Waals surface area contributed by atoms with Gasteiger partial charge in [0.25, 0.3) is 0 Å². The number of aliphatic imine (C=N–C) groups is 1. The maximum absolute atomic E-state index is 5.94. The van der Waals surface area contributed by atoms with Gasteiger partial charge in [0.2, 0.25) is 0 Å². The molecular weight excluding hydrogens is 164 g/mol. The van der Waals surface area contributed by atoms with E-state index < -0.39 is 0 Å². The van der Waals surface area contributed by atoms with Crippen molar-refractivity contribution in [2.75, 3.05) is 13.7 Å². The lowest BCUT2D eigenvalue weighted by Gasteiger charge is -2.26. The van der Waals surface area contributed by atoms with Crippen LogP contribution < -0.4 is 5.73 Å². The van der Waals surface area contributed by atoms with Crippen LogP contribution in [0, 0.1) is 0 Å². The molecule has 13 heavy (non-hydrogen) atoms. The number of amidine groups is 1. The molecule has 0 spiro atoms. The van der Waals surface area contributed by atoms with Crippen LogP contribution in [0.3, 0.4) is 0 Å². The van der Waals surface area contributed by atoms with Crippen molar-refractivity contribution in [1.29, 1.82) is 0 Å². The molecule has 0 aromatic rings. The molecule has 0 unspecified atom stereocenters. The van der Waals surface area contributed by atoms with Crippen LogP contribution >= 0.6 is 0 Å². The second kappa shape index (κ2) is 4.61. The summed E-state index contributed by atoms with van der Waals surface area (Å²) in [5.41, 5.74) is 5.71. The number of ether oxygens (including phenoxy) is 1. The standard InChI is InChI=1S/C10H20N2O/c1-3-8-12-9(11)10(13-2)6-4-5-7-10/h3-8H2,1-2H3,(H2,11,12). The summed E-state index contributed by atoms with van der Waals surface area (Å²) in [6.45, 7) is 2.92. The molecular formula is C10H20N2O. The molecule has 1 rings (SSSR count). The molecule has 0 radical (unpaired) electrons. The summed E-state index contributed by atoms with van der Waals surface area (Å²) >= 11 is 0. The molecule has 0 amide bonds. The van der Waals surface area contributed by atoms with Gasteiger partial charge in [0.05, 0.1) is 0 Å². The Morgan fingerprint density at radius 1 is 1.46 bits per heavy atom. The summed E-state index contributed by atoms with van der Waals surface area (Å²) in [6.07, 6.45) is 5.51. The first kappa shape index (κ1) is 10.5. The number of hydrogen-bond donors (Lipinski definition) is 1. The molecule has 0 saturated heterocycles. The summed E-state index contributed by atoms with van der Waals surface area (Å²) in [5.74, 6) is 0.703. The number of hydrogen-bond acceptors (Lipinski definition) is 2. The monoisotopic (exact) mass is 184 g/mol. The van der Waals surface area contributed by atoms with Gasteiger partial charge in [-0.25, -0.2) is 0 Å². The number of methoxy groups -OCH3 is 1. The van der Waals surface area contributed by atoms with Crippen molar-refractivity contribution in [3.05, 3.63) is 0 Å². The van der Waals surface area contributed by atoms with E-state index in [-0.39, 0.29) is 5.60 Å². The lowest BCUT2D eigenvalue weighted by Crippen LogP contribution is -2.43. The average Bonchev–Trinajstić information content (AvgIpc) is 2.63. The molecule has 0 heterocycles. The molecule has 0 atom stereocenters. The Labute approximate surface area is 80.4 Å². The Morgan fingerprint density at radius 2 is 2.08 bits per heavy atom. The Hall–Kier alpha value is -0.570. The minimum Gasteiger partial charge on any atom is -0.385 e. The van der Waals surface area contributed by atoms with Gasteiger partial charge in [-0.1, -0.05) is 6.92 Å². The van der Waals surface area contributed by atoms with E-state index in [1.54, 1.807) is 7.11 Å². The van der Waals surface area contributed by atoms with Gasteiger partial charge in [-0.3, -0.25) is 4.99 Å². The second-order valence-corrected chi connectivity index (χ2v) is 3.67. The molecule has 0 aliphatic heterocycles. The van der Waals surface area contributed by atoms with E-state index in [0.717, 1.165) is 25.8 Å². The summed E-state index contributed by atoms with van der Waals surface area (Å²) in [5, 5.41) is 0.